The number of aliphatic hydroxyl groups is 3. The van der Waals surface area contributed by atoms with Crippen molar-refractivity contribution in [1.82, 2.24) is 5.32 Å². The average Bonchev–Trinajstić information content (AvgIpc) is 3.03. The number of aryl methyl sites for hydroxylation is 1. The summed E-state index contributed by atoms with van der Waals surface area (Å²) in [5.41, 5.74) is -1.15. The van der Waals surface area contributed by atoms with Crippen molar-refractivity contribution in [2.75, 3.05) is 7.11 Å². The van der Waals surface area contributed by atoms with E-state index in [4.69, 9.17) is 14.2 Å². The Morgan fingerprint density at radius 3 is 2.47 bits per heavy atom. The van der Waals surface area contributed by atoms with Gasteiger partial charge >= 0.3 is 0 Å². The van der Waals surface area contributed by atoms with Gasteiger partial charge in [-0.3, -0.25) is 9.59 Å². The summed E-state index contributed by atoms with van der Waals surface area (Å²) in [7, 11) is 1.35. The summed E-state index contributed by atoms with van der Waals surface area (Å²) in [6, 6.07) is 9.17. The molecule has 0 aromatic heterocycles. The average molecular weight is 650 g/mol. The van der Waals surface area contributed by atoms with Gasteiger partial charge in [-0.05, 0) is 44.0 Å². The third-order valence-electron chi connectivity index (χ3n) is 9.73. The maximum absolute atomic E-state index is 13.9. The van der Waals surface area contributed by atoms with Gasteiger partial charge in [-0.2, -0.15) is 0 Å². The minimum atomic E-state index is -1.84. The molecule has 0 bridgehead atoms. The Morgan fingerprint density at radius 2 is 1.79 bits per heavy atom. The number of methoxy groups -OCH3 is 1. The van der Waals surface area contributed by atoms with Crippen molar-refractivity contribution >= 4 is 11.6 Å². The standard InChI is InChI=1S/C35H39NO11/c1-15-10-18(8-9-22(15)38)14-36-21-11-25(46-16(2)30(21)39)47-24-13-35(44,17(3)37)12-20-27(24)34(43)29-28(32(20)41)31(40)19-6-5-7-23(45-4)26(19)33(29)42/h5-10,16-17,21,24-25,30,36-39,41,43-44H,11-14H2,1-4H3/t16?,17?,21-,24+,25+,30-,35+/m1/s1. The van der Waals surface area contributed by atoms with Crippen LogP contribution in [0.3, 0.4) is 0 Å². The monoisotopic (exact) mass is 649 g/mol. The summed E-state index contributed by atoms with van der Waals surface area (Å²) in [4.78, 5) is 27.6. The van der Waals surface area contributed by atoms with Crippen molar-refractivity contribution in [2.45, 2.75) is 88.9 Å². The third kappa shape index (κ3) is 5.54. The molecule has 2 aliphatic carbocycles. The molecule has 12 nitrogen and oxygen atoms in total. The lowest BCUT2D eigenvalue weighted by atomic mass is 9.71. The van der Waals surface area contributed by atoms with E-state index in [1.165, 1.54) is 32.2 Å². The van der Waals surface area contributed by atoms with Crippen LogP contribution in [0.1, 0.15) is 86.9 Å². The van der Waals surface area contributed by atoms with E-state index in [1.807, 2.05) is 6.07 Å². The zero-order valence-corrected chi connectivity index (χ0v) is 26.5. The van der Waals surface area contributed by atoms with Gasteiger partial charge in [-0.25, -0.2) is 0 Å². The van der Waals surface area contributed by atoms with Crippen molar-refractivity contribution < 1.29 is 54.4 Å². The minimum absolute atomic E-state index is 0.00229. The molecule has 0 radical (unpaired) electrons. The Morgan fingerprint density at radius 1 is 1.06 bits per heavy atom. The number of hydrogen-bond acceptors (Lipinski definition) is 12. The van der Waals surface area contributed by atoms with Crippen LogP contribution in [0.5, 0.6) is 23.0 Å². The highest BCUT2D eigenvalue weighted by Gasteiger charge is 2.49. The van der Waals surface area contributed by atoms with Gasteiger partial charge in [0.05, 0.1) is 53.8 Å². The van der Waals surface area contributed by atoms with Crippen LogP contribution in [0.4, 0.5) is 0 Å². The molecule has 250 valence electrons. The molecule has 3 aromatic rings. The summed E-state index contributed by atoms with van der Waals surface area (Å²) in [6.45, 7) is 5.22. The molecule has 1 saturated heterocycles. The third-order valence-corrected chi connectivity index (χ3v) is 9.73. The number of phenols is 3. The van der Waals surface area contributed by atoms with Crippen LogP contribution in [-0.4, -0.2) is 85.6 Å². The molecule has 7 N–H and O–H groups in total. The summed E-state index contributed by atoms with van der Waals surface area (Å²) in [6.07, 6.45) is -5.55. The summed E-state index contributed by atoms with van der Waals surface area (Å²) < 4.78 is 17.7. The topological polar surface area (TPSA) is 195 Å². The molecule has 0 saturated carbocycles. The van der Waals surface area contributed by atoms with Crippen molar-refractivity contribution in [3.8, 4) is 23.0 Å². The largest absolute Gasteiger partial charge is 0.508 e. The minimum Gasteiger partial charge on any atom is -0.508 e. The normalized spacial score (nSPS) is 27.5. The number of nitrogens with one attached hydrogen (secondary N) is 1. The van der Waals surface area contributed by atoms with Gasteiger partial charge in [0.2, 0.25) is 5.78 Å². The number of ketones is 2. The van der Waals surface area contributed by atoms with E-state index in [1.54, 1.807) is 26.0 Å². The SMILES string of the molecule is COc1cccc2c1C(=O)c1c(O)c3c(c(O)c1C2=O)C[C@@](O)(C(C)O)C[C@@H]3O[C@H]1C[C@@H](NCc2ccc(O)c(C)c2)[C@H](O)C(C)O1. The van der Waals surface area contributed by atoms with Gasteiger partial charge in [-0.1, -0.05) is 24.3 Å². The maximum atomic E-state index is 13.9. The van der Waals surface area contributed by atoms with E-state index in [0.29, 0.717) is 12.1 Å². The van der Waals surface area contributed by atoms with E-state index in [-0.39, 0.29) is 53.0 Å². The van der Waals surface area contributed by atoms with Crippen molar-refractivity contribution in [3.05, 3.63) is 80.9 Å². The highest BCUT2D eigenvalue weighted by atomic mass is 16.7. The fraction of sp³-hybridized carbons (Fsp3) is 0.429. The smallest absolute Gasteiger partial charge is 0.202 e. The molecular formula is C35H39NO11. The Labute approximate surface area is 271 Å². The number of rotatable bonds is 7. The molecular weight excluding hydrogens is 610 g/mol. The van der Waals surface area contributed by atoms with Crippen molar-refractivity contribution in [3.63, 3.8) is 0 Å². The molecule has 1 heterocycles. The van der Waals surface area contributed by atoms with Crippen LogP contribution in [0.15, 0.2) is 36.4 Å². The van der Waals surface area contributed by atoms with Gasteiger partial charge < -0.3 is 50.2 Å². The second-order valence-corrected chi connectivity index (χ2v) is 12.8. The molecule has 0 spiro atoms. The van der Waals surface area contributed by atoms with E-state index in [2.05, 4.69) is 5.32 Å². The summed E-state index contributed by atoms with van der Waals surface area (Å²) in [5, 5.41) is 69.6. The van der Waals surface area contributed by atoms with Gasteiger partial charge in [0.15, 0.2) is 12.1 Å². The lowest BCUT2D eigenvalue weighted by molar-refractivity contribution is -0.253. The predicted octanol–water partition coefficient (Wildman–Crippen LogP) is 2.67. The number of benzene rings is 3. The number of aliphatic hydroxyl groups excluding tert-OH is 2. The maximum Gasteiger partial charge on any atom is 0.202 e. The van der Waals surface area contributed by atoms with Crippen LogP contribution < -0.4 is 10.1 Å². The summed E-state index contributed by atoms with van der Waals surface area (Å²) >= 11 is 0. The number of carbonyl (C=O) groups is 2. The first-order valence-corrected chi connectivity index (χ1v) is 15.5. The van der Waals surface area contributed by atoms with Gasteiger partial charge in [0.1, 0.15) is 23.0 Å². The highest BCUT2D eigenvalue weighted by Crippen LogP contribution is 2.53. The van der Waals surface area contributed by atoms with Gasteiger partial charge in [-0.15, -0.1) is 0 Å². The van der Waals surface area contributed by atoms with E-state index in [0.717, 1.165) is 5.56 Å². The van der Waals surface area contributed by atoms with E-state index in [9.17, 15) is 40.2 Å². The number of aromatic hydroxyl groups is 3. The number of fused-ring (bicyclic) bond motifs is 3. The molecule has 3 aliphatic rings. The fourth-order valence-electron chi connectivity index (χ4n) is 6.98. The molecule has 12 heteroatoms. The fourth-order valence-corrected chi connectivity index (χ4v) is 6.98. The Hall–Kier alpha value is -4.04. The van der Waals surface area contributed by atoms with Gasteiger partial charge in [0, 0.05) is 48.5 Å². The Balaban J connectivity index is 1.36. The zero-order chi connectivity index (χ0) is 33.9. The van der Waals surface area contributed by atoms with Crippen LogP contribution in [0.25, 0.3) is 0 Å². The van der Waals surface area contributed by atoms with Crippen LogP contribution in [-0.2, 0) is 22.4 Å². The van der Waals surface area contributed by atoms with Crippen LogP contribution in [0.2, 0.25) is 0 Å². The first-order chi connectivity index (χ1) is 22.2. The quantitative estimate of drug-likeness (QED) is 0.145. The molecule has 1 fully saturated rings. The lowest BCUT2D eigenvalue weighted by Crippen LogP contribution is -2.54. The molecule has 1 aliphatic heterocycles. The van der Waals surface area contributed by atoms with Crippen LogP contribution >= 0.6 is 0 Å². The Bertz CT molecular complexity index is 1750. The second kappa shape index (κ2) is 12.2. The first kappa shape index (κ1) is 32.9. The Kier molecular flexibility index (Phi) is 8.54. The summed E-state index contributed by atoms with van der Waals surface area (Å²) in [5.74, 6) is -2.30. The van der Waals surface area contributed by atoms with Crippen molar-refractivity contribution in [1.29, 1.82) is 0 Å². The molecule has 3 aromatic carbocycles. The molecule has 7 atom stereocenters. The number of carbonyl (C=O) groups excluding carboxylic acids is 2. The van der Waals surface area contributed by atoms with Gasteiger partial charge in [0.25, 0.3) is 0 Å². The zero-order valence-electron chi connectivity index (χ0n) is 26.5. The van der Waals surface area contributed by atoms with E-state index >= 15 is 0 Å². The second-order valence-electron chi connectivity index (χ2n) is 12.8. The number of ether oxygens (including phenoxy) is 3. The first-order valence-electron chi connectivity index (χ1n) is 15.5. The lowest BCUT2D eigenvalue weighted by Gasteiger charge is -2.44. The number of phenolic OH excluding ortho intramolecular Hbond substituents is 3. The van der Waals surface area contributed by atoms with Crippen LogP contribution in [0, 0.1) is 6.92 Å². The number of hydrogen-bond donors (Lipinski definition) is 7. The predicted molar refractivity (Wildman–Crippen MR) is 167 cm³/mol. The molecule has 47 heavy (non-hydrogen) atoms. The van der Waals surface area contributed by atoms with E-state index < -0.39 is 76.5 Å². The highest BCUT2D eigenvalue weighted by molar-refractivity contribution is 6.31. The van der Waals surface area contributed by atoms with Crippen molar-refractivity contribution in [2.24, 2.45) is 0 Å². The molecule has 0 amide bonds. The molecule has 2 unspecified atom stereocenters. The molecule has 6 rings (SSSR count).